The largest absolute Gasteiger partial charge is 0.491 e. The Morgan fingerprint density at radius 3 is 2.41 bits per heavy atom. The van der Waals surface area contributed by atoms with Gasteiger partial charge < -0.3 is 10.1 Å². The third-order valence-corrected chi connectivity index (χ3v) is 6.08. The summed E-state index contributed by atoms with van der Waals surface area (Å²) in [6.45, 7) is 6.86. The van der Waals surface area contributed by atoms with Crippen molar-refractivity contribution in [2.75, 3.05) is 25.0 Å². The second-order valence-electron chi connectivity index (χ2n) is 5.92. The molecule has 0 spiro atoms. The molecule has 0 bridgehead atoms. The summed E-state index contributed by atoms with van der Waals surface area (Å²) in [6, 6.07) is 13.2. The van der Waals surface area contributed by atoms with Gasteiger partial charge in [-0.15, -0.1) is 0 Å². The first kappa shape index (κ1) is 20.9. The molecule has 1 amide bonds. The Morgan fingerprint density at radius 1 is 1.04 bits per heavy atom. The highest BCUT2D eigenvalue weighted by Gasteiger charge is 2.22. The van der Waals surface area contributed by atoms with Gasteiger partial charge in [0.05, 0.1) is 17.2 Å². The smallest absolute Gasteiger partial charge is 0.255 e. The van der Waals surface area contributed by atoms with Gasteiger partial charge >= 0.3 is 0 Å². The van der Waals surface area contributed by atoms with Crippen LogP contribution in [0.25, 0.3) is 0 Å². The van der Waals surface area contributed by atoms with E-state index in [9.17, 15) is 13.2 Å². The molecular formula is C20H26N2O4S. The number of ether oxygens (including phenoxy) is 1. The standard InChI is InChI=1S/C20H26N2O4S/c1-4-14-26-19-13-8-7-12-18(19)21-20(23)16-10-9-11-17(15-16)27(24,25)22(5-2)6-3/h7-13,15H,4-6,14H2,1-3H3,(H,21,23). The van der Waals surface area contributed by atoms with Crippen molar-refractivity contribution in [3.63, 3.8) is 0 Å². The Labute approximate surface area is 161 Å². The summed E-state index contributed by atoms with van der Waals surface area (Å²) in [5, 5.41) is 2.80. The molecule has 6 nitrogen and oxygen atoms in total. The van der Waals surface area contributed by atoms with Gasteiger partial charge in [0.15, 0.2) is 0 Å². The summed E-state index contributed by atoms with van der Waals surface area (Å²) < 4.78 is 32.4. The van der Waals surface area contributed by atoms with Crippen molar-refractivity contribution in [2.24, 2.45) is 0 Å². The monoisotopic (exact) mass is 390 g/mol. The molecular weight excluding hydrogens is 364 g/mol. The van der Waals surface area contributed by atoms with E-state index in [1.54, 1.807) is 44.2 Å². The summed E-state index contributed by atoms with van der Waals surface area (Å²) in [6.07, 6.45) is 0.855. The number of benzene rings is 2. The molecule has 146 valence electrons. The summed E-state index contributed by atoms with van der Waals surface area (Å²) in [5.74, 6) is 0.193. The number of rotatable bonds is 9. The number of sulfonamides is 1. The van der Waals surface area contributed by atoms with Crippen LogP contribution in [0.1, 0.15) is 37.6 Å². The van der Waals surface area contributed by atoms with E-state index >= 15 is 0 Å². The van der Waals surface area contributed by atoms with Crippen molar-refractivity contribution >= 4 is 21.6 Å². The number of anilines is 1. The molecule has 0 atom stereocenters. The topological polar surface area (TPSA) is 75.7 Å². The lowest BCUT2D eigenvalue weighted by molar-refractivity contribution is 0.102. The molecule has 0 aromatic heterocycles. The summed E-state index contributed by atoms with van der Waals surface area (Å²) in [5.41, 5.74) is 0.821. The molecule has 0 aliphatic carbocycles. The maximum atomic E-state index is 12.7. The van der Waals surface area contributed by atoms with Crippen molar-refractivity contribution in [3.05, 3.63) is 54.1 Å². The molecule has 0 aliphatic heterocycles. The van der Waals surface area contributed by atoms with E-state index in [0.29, 0.717) is 31.1 Å². The van der Waals surface area contributed by atoms with Crippen molar-refractivity contribution in [2.45, 2.75) is 32.1 Å². The van der Waals surface area contributed by atoms with Crippen LogP contribution in [-0.4, -0.2) is 38.3 Å². The van der Waals surface area contributed by atoms with Crippen LogP contribution in [0.3, 0.4) is 0 Å². The van der Waals surface area contributed by atoms with Gasteiger partial charge in [-0.2, -0.15) is 4.31 Å². The van der Waals surface area contributed by atoms with Crippen LogP contribution in [0.2, 0.25) is 0 Å². The van der Waals surface area contributed by atoms with Gasteiger partial charge in [0.1, 0.15) is 5.75 Å². The van der Waals surface area contributed by atoms with Gasteiger partial charge in [-0.3, -0.25) is 4.79 Å². The maximum absolute atomic E-state index is 12.7. The Bertz CT molecular complexity index is 877. The predicted molar refractivity (Wildman–Crippen MR) is 107 cm³/mol. The normalized spacial score (nSPS) is 11.4. The second-order valence-corrected chi connectivity index (χ2v) is 7.85. The Balaban J connectivity index is 2.26. The van der Waals surface area contributed by atoms with Gasteiger partial charge in [0.2, 0.25) is 10.0 Å². The lowest BCUT2D eigenvalue weighted by Gasteiger charge is -2.18. The van der Waals surface area contributed by atoms with Gasteiger partial charge in [0, 0.05) is 18.7 Å². The van der Waals surface area contributed by atoms with Gasteiger partial charge in [-0.25, -0.2) is 8.42 Å². The Hall–Kier alpha value is -2.38. The molecule has 0 saturated carbocycles. The van der Waals surface area contributed by atoms with E-state index in [1.165, 1.54) is 16.4 Å². The van der Waals surface area contributed by atoms with E-state index < -0.39 is 10.0 Å². The van der Waals surface area contributed by atoms with E-state index in [4.69, 9.17) is 4.74 Å². The van der Waals surface area contributed by atoms with Crippen LogP contribution in [-0.2, 0) is 10.0 Å². The SMILES string of the molecule is CCCOc1ccccc1NC(=O)c1cccc(S(=O)(=O)N(CC)CC)c1. The average molecular weight is 391 g/mol. The Kier molecular flexibility index (Phi) is 7.38. The van der Waals surface area contributed by atoms with Crippen LogP contribution in [0.15, 0.2) is 53.4 Å². The minimum absolute atomic E-state index is 0.106. The zero-order chi connectivity index (χ0) is 19.9. The molecule has 2 aromatic carbocycles. The highest BCUT2D eigenvalue weighted by Crippen LogP contribution is 2.25. The Morgan fingerprint density at radius 2 is 1.74 bits per heavy atom. The molecule has 2 rings (SSSR count). The molecule has 0 aliphatic rings. The number of nitrogens with one attached hydrogen (secondary N) is 1. The lowest BCUT2D eigenvalue weighted by Crippen LogP contribution is -2.30. The van der Waals surface area contributed by atoms with E-state index in [0.717, 1.165) is 6.42 Å². The molecule has 1 N–H and O–H groups in total. The fourth-order valence-electron chi connectivity index (χ4n) is 2.61. The van der Waals surface area contributed by atoms with E-state index in [1.807, 2.05) is 13.0 Å². The third kappa shape index (κ3) is 5.08. The first-order valence-corrected chi connectivity index (χ1v) is 10.5. The van der Waals surface area contributed by atoms with Crippen molar-refractivity contribution in [3.8, 4) is 5.75 Å². The van der Waals surface area contributed by atoms with Crippen LogP contribution in [0, 0.1) is 0 Å². The van der Waals surface area contributed by atoms with E-state index in [2.05, 4.69) is 5.32 Å². The number of carbonyl (C=O) groups excluding carboxylic acids is 1. The van der Waals surface area contributed by atoms with Crippen LogP contribution >= 0.6 is 0 Å². The molecule has 0 radical (unpaired) electrons. The zero-order valence-electron chi connectivity index (χ0n) is 15.9. The van der Waals surface area contributed by atoms with Crippen molar-refractivity contribution < 1.29 is 17.9 Å². The minimum Gasteiger partial charge on any atom is -0.491 e. The maximum Gasteiger partial charge on any atom is 0.255 e. The molecule has 2 aromatic rings. The number of nitrogens with zero attached hydrogens (tertiary/aromatic N) is 1. The molecule has 0 saturated heterocycles. The predicted octanol–water partition coefficient (Wildman–Crippen LogP) is 3.76. The fraction of sp³-hybridized carbons (Fsp3) is 0.350. The average Bonchev–Trinajstić information content (AvgIpc) is 2.68. The molecule has 0 fully saturated rings. The summed E-state index contributed by atoms with van der Waals surface area (Å²) in [7, 11) is -3.62. The number of hydrogen-bond donors (Lipinski definition) is 1. The second kappa shape index (κ2) is 9.53. The zero-order valence-corrected chi connectivity index (χ0v) is 16.8. The van der Waals surface area contributed by atoms with Gasteiger partial charge in [0.25, 0.3) is 5.91 Å². The van der Waals surface area contributed by atoms with Crippen LogP contribution in [0.4, 0.5) is 5.69 Å². The number of amides is 1. The minimum atomic E-state index is -3.62. The molecule has 0 heterocycles. The van der Waals surface area contributed by atoms with E-state index in [-0.39, 0.29) is 16.4 Å². The number of carbonyl (C=O) groups is 1. The van der Waals surface area contributed by atoms with Crippen LogP contribution < -0.4 is 10.1 Å². The molecule has 7 heteroatoms. The third-order valence-electron chi connectivity index (χ3n) is 4.04. The molecule has 27 heavy (non-hydrogen) atoms. The first-order valence-electron chi connectivity index (χ1n) is 9.07. The summed E-state index contributed by atoms with van der Waals surface area (Å²) >= 11 is 0. The fourth-order valence-corrected chi connectivity index (χ4v) is 4.12. The quantitative estimate of drug-likeness (QED) is 0.707. The first-order chi connectivity index (χ1) is 12.9. The van der Waals surface area contributed by atoms with Crippen molar-refractivity contribution in [1.29, 1.82) is 0 Å². The lowest BCUT2D eigenvalue weighted by atomic mass is 10.2. The summed E-state index contributed by atoms with van der Waals surface area (Å²) in [4.78, 5) is 12.8. The van der Waals surface area contributed by atoms with Crippen molar-refractivity contribution in [1.82, 2.24) is 4.31 Å². The number of hydrogen-bond acceptors (Lipinski definition) is 4. The van der Waals surface area contributed by atoms with Gasteiger partial charge in [-0.05, 0) is 36.8 Å². The number of para-hydroxylation sites is 2. The van der Waals surface area contributed by atoms with Gasteiger partial charge in [-0.1, -0.05) is 39.0 Å². The molecule has 0 unspecified atom stereocenters. The van der Waals surface area contributed by atoms with Crippen LogP contribution in [0.5, 0.6) is 5.75 Å². The highest BCUT2D eigenvalue weighted by molar-refractivity contribution is 7.89. The highest BCUT2D eigenvalue weighted by atomic mass is 32.2.